The molecule has 3 rings (SSSR count). The fourth-order valence-corrected chi connectivity index (χ4v) is 3.26. The first-order valence-corrected chi connectivity index (χ1v) is 8.53. The highest BCUT2D eigenvalue weighted by atomic mass is 35.5. The Hall–Kier alpha value is -1.90. The zero-order valence-electron chi connectivity index (χ0n) is 15.4. The Morgan fingerprint density at radius 1 is 1.22 bits per heavy atom. The van der Waals surface area contributed by atoms with E-state index in [9.17, 15) is 14.4 Å². The summed E-state index contributed by atoms with van der Waals surface area (Å²) in [4.78, 5) is 40.5. The lowest BCUT2D eigenvalue weighted by Gasteiger charge is -2.22. The lowest BCUT2D eigenvalue weighted by molar-refractivity contribution is -0.116. The van der Waals surface area contributed by atoms with Crippen LogP contribution in [0.4, 0.5) is 5.69 Å². The van der Waals surface area contributed by atoms with Crippen molar-refractivity contribution in [2.75, 3.05) is 18.4 Å². The molecule has 1 fully saturated rings. The van der Waals surface area contributed by atoms with Crippen LogP contribution >= 0.6 is 24.8 Å². The second kappa shape index (κ2) is 9.87. The number of fused-ring (bicyclic) bond motifs is 1. The lowest BCUT2D eigenvalue weighted by Crippen LogP contribution is -2.37. The number of nitrogens with zero attached hydrogens (tertiary/aromatic N) is 3. The molecular weight excluding hydrogens is 393 g/mol. The predicted molar refractivity (Wildman–Crippen MR) is 110 cm³/mol. The molecule has 1 aliphatic rings. The molecular formula is C17H25Cl2N5O3. The summed E-state index contributed by atoms with van der Waals surface area (Å²) in [7, 11) is 2.99. The SMILES string of the molecule is Cl.Cl.Cn1c(=O)c2cc(NC(=O)CCC3CCNCC3)cnc2n(C)c1=O. The molecule has 8 nitrogen and oxygen atoms in total. The third-order valence-corrected chi connectivity index (χ3v) is 4.82. The average Bonchev–Trinajstić information content (AvgIpc) is 2.64. The molecule has 2 aromatic rings. The number of hydrogen-bond acceptors (Lipinski definition) is 5. The van der Waals surface area contributed by atoms with Gasteiger partial charge in [0.05, 0.1) is 17.3 Å². The molecule has 1 aliphatic heterocycles. The van der Waals surface area contributed by atoms with Crippen molar-refractivity contribution >= 4 is 47.4 Å². The van der Waals surface area contributed by atoms with Crippen LogP contribution < -0.4 is 21.9 Å². The normalized spacial score (nSPS) is 14.3. The fourth-order valence-electron chi connectivity index (χ4n) is 3.26. The van der Waals surface area contributed by atoms with Crippen LogP contribution in [0, 0.1) is 5.92 Å². The van der Waals surface area contributed by atoms with Gasteiger partial charge in [0.2, 0.25) is 5.91 Å². The fraction of sp³-hybridized carbons (Fsp3) is 0.529. The van der Waals surface area contributed by atoms with Crippen molar-refractivity contribution in [3.8, 4) is 0 Å². The number of hydrogen-bond donors (Lipinski definition) is 2. The van der Waals surface area contributed by atoms with Gasteiger partial charge in [0.1, 0.15) is 5.65 Å². The Kier molecular flexibility index (Phi) is 8.46. The van der Waals surface area contributed by atoms with Crippen LogP contribution in [0.3, 0.4) is 0 Å². The summed E-state index contributed by atoms with van der Waals surface area (Å²) < 4.78 is 2.35. The first kappa shape index (κ1) is 23.1. The van der Waals surface area contributed by atoms with Crippen molar-refractivity contribution in [3.63, 3.8) is 0 Å². The molecule has 0 unspecified atom stereocenters. The van der Waals surface area contributed by atoms with Crippen LogP contribution in [-0.4, -0.2) is 33.1 Å². The van der Waals surface area contributed by atoms with Crippen LogP contribution in [0.1, 0.15) is 25.7 Å². The molecule has 1 amide bonds. The number of anilines is 1. The topological polar surface area (TPSA) is 98.0 Å². The van der Waals surface area contributed by atoms with Gasteiger partial charge in [0.15, 0.2) is 0 Å². The number of nitrogens with one attached hydrogen (secondary N) is 2. The Labute approximate surface area is 169 Å². The Morgan fingerprint density at radius 3 is 2.56 bits per heavy atom. The molecule has 0 aliphatic carbocycles. The van der Waals surface area contributed by atoms with Gasteiger partial charge in [0.25, 0.3) is 5.56 Å². The molecule has 1 saturated heterocycles. The summed E-state index contributed by atoms with van der Waals surface area (Å²) >= 11 is 0. The van der Waals surface area contributed by atoms with E-state index in [2.05, 4.69) is 15.6 Å². The highest BCUT2D eigenvalue weighted by Crippen LogP contribution is 2.18. The van der Waals surface area contributed by atoms with Gasteiger partial charge in [-0.05, 0) is 44.3 Å². The van der Waals surface area contributed by atoms with Crippen LogP contribution in [0.5, 0.6) is 0 Å². The van der Waals surface area contributed by atoms with Crippen molar-refractivity contribution in [3.05, 3.63) is 33.1 Å². The van der Waals surface area contributed by atoms with Crippen LogP contribution in [0.25, 0.3) is 11.0 Å². The number of carbonyl (C=O) groups excluding carboxylic acids is 1. The quantitative estimate of drug-likeness (QED) is 0.778. The molecule has 0 bridgehead atoms. The number of halogens is 2. The lowest BCUT2D eigenvalue weighted by atomic mass is 9.93. The third-order valence-electron chi connectivity index (χ3n) is 4.82. The van der Waals surface area contributed by atoms with E-state index in [1.54, 1.807) is 13.1 Å². The van der Waals surface area contributed by atoms with Gasteiger partial charge in [-0.15, -0.1) is 24.8 Å². The Bertz CT molecular complexity index is 919. The average molecular weight is 418 g/mol. The largest absolute Gasteiger partial charge is 0.332 e. The Balaban J connectivity index is 0.00000182. The molecule has 0 aromatic carbocycles. The number of piperidine rings is 1. The van der Waals surface area contributed by atoms with Crippen LogP contribution in [0.15, 0.2) is 21.9 Å². The number of amides is 1. The molecule has 0 saturated carbocycles. The molecule has 27 heavy (non-hydrogen) atoms. The van der Waals surface area contributed by atoms with Crippen LogP contribution in [0.2, 0.25) is 0 Å². The van der Waals surface area contributed by atoms with Crippen molar-refractivity contribution in [2.24, 2.45) is 20.0 Å². The molecule has 2 aromatic heterocycles. The molecule has 10 heteroatoms. The van der Waals surface area contributed by atoms with E-state index in [-0.39, 0.29) is 30.7 Å². The minimum atomic E-state index is -0.427. The highest BCUT2D eigenvalue weighted by molar-refractivity contribution is 5.92. The van der Waals surface area contributed by atoms with E-state index >= 15 is 0 Å². The third kappa shape index (κ3) is 5.09. The van der Waals surface area contributed by atoms with Gasteiger partial charge in [-0.3, -0.25) is 18.7 Å². The molecule has 0 atom stereocenters. The minimum absolute atomic E-state index is 0. The molecule has 0 spiro atoms. The van der Waals surface area contributed by atoms with Crippen molar-refractivity contribution in [1.29, 1.82) is 0 Å². The van der Waals surface area contributed by atoms with Crippen molar-refractivity contribution in [2.45, 2.75) is 25.7 Å². The van der Waals surface area contributed by atoms with E-state index in [0.717, 1.165) is 36.9 Å². The second-order valence-corrected chi connectivity index (χ2v) is 6.58. The standard InChI is InChI=1S/C17H23N5O3.2ClH/c1-21-15-13(16(24)22(2)17(21)25)9-12(10-19-15)20-14(23)4-3-11-5-7-18-8-6-11;;/h9-11,18H,3-8H2,1-2H3,(H,20,23);2*1H. The molecule has 150 valence electrons. The van der Waals surface area contributed by atoms with E-state index in [4.69, 9.17) is 0 Å². The number of carbonyl (C=O) groups is 1. The summed E-state index contributed by atoms with van der Waals surface area (Å²) in [6.45, 7) is 2.03. The maximum atomic E-state index is 12.3. The highest BCUT2D eigenvalue weighted by Gasteiger charge is 2.15. The minimum Gasteiger partial charge on any atom is -0.325 e. The summed E-state index contributed by atoms with van der Waals surface area (Å²) in [6, 6.07) is 1.58. The van der Waals surface area contributed by atoms with Crippen molar-refractivity contribution < 1.29 is 4.79 Å². The monoisotopic (exact) mass is 417 g/mol. The maximum Gasteiger partial charge on any atom is 0.332 e. The first-order valence-electron chi connectivity index (χ1n) is 8.53. The summed E-state index contributed by atoms with van der Waals surface area (Å²) in [5.41, 5.74) is -0.0699. The summed E-state index contributed by atoms with van der Waals surface area (Å²) in [5, 5.41) is 6.42. The number of aromatic nitrogens is 3. The predicted octanol–water partition coefficient (Wildman–Crippen LogP) is 1.19. The van der Waals surface area contributed by atoms with Crippen LogP contribution in [-0.2, 0) is 18.9 Å². The van der Waals surface area contributed by atoms with E-state index in [1.165, 1.54) is 17.8 Å². The summed E-state index contributed by atoms with van der Waals surface area (Å²) in [6.07, 6.45) is 5.01. The van der Waals surface area contributed by atoms with Gasteiger partial charge in [-0.1, -0.05) is 0 Å². The second-order valence-electron chi connectivity index (χ2n) is 6.58. The molecule has 2 N–H and O–H groups in total. The van der Waals surface area contributed by atoms with E-state index in [0.29, 0.717) is 29.1 Å². The Morgan fingerprint density at radius 2 is 1.89 bits per heavy atom. The van der Waals surface area contributed by atoms with Gasteiger partial charge < -0.3 is 10.6 Å². The van der Waals surface area contributed by atoms with Gasteiger partial charge in [0, 0.05) is 20.5 Å². The number of aryl methyl sites for hydroxylation is 1. The van der Waals surface area contributed by atoms with Gasteiger partial charge in [-0.2, -0.15) is 0 Å². The number of rotatable bonds is 4. The summed E-state index contributed by atoms with van der Waals surface area (Å²) in [5.74, 6) is 0.505. The van der Waals surface area contributed by atoms with Crippen molar-refractivity contribution in [1.82, 2.24) is 19.4 Å². The smallest absolute Gasteiger partial charge is 0.325 e. The van der Waals surface area contributed by atoms with Gasteiger partial charge >= 0.3 is 5.69 Å². The van der Waals surface area contributed by atoms with Gasteiger partial charge in [-0.25, -0.2) is 9.78 Å². The maximum absolute atomic E-state index is 12.3. The molecule has 0 radical (unpaired) electrons. The van der Waals surface area contributed by atoms with E-state index in [1.807, 2.05) is 0 Å². The zero-order valence-corrected chi connectivity index (χ0v) is 17.0. The van der Waals surface area contributed by atoms with E-state index < -0.39 is 11.2 Å². The molecule has 3 heterocycles. The number of pyridine rings is 1. The first-order chi connectivity index (χ1) is 12.0. The zero-order chi connectivity index (χ0) is 18.0.